The van der Waals surface area contributed by atoms with Crippen molar-refractivity contribution in [1.29, 1.82) is 0 Å². The Bertz CT molecular complexity index is 499. The van der Waals surface area contributed by atoms with Gasteiger partial charge in [0.1, 0.15) is 5.75 Å². The molecule has 2 N–H and O–H groups in total. The Labute approximate surface area is 102 Å². The number of sulfonamides is 1. The molecule has 0 atom stereocenters. The van der Waals surface area contributed by atoms with E-state index >= 15 is 0 Å². The van der Waals surface area contributed by atoms with Gasteiger partial charge >= 0.3 is 0 Å². The molecule has 0 saturated heterocycles. The number of aromatic hydroxyl groups is 1. The van der Waals surface area contributed by atoms with Crippen molar-refractivity contribution in [1.82, 2.24) is 4.83 Å². The van der Waals surface area contributed by atoms with E-state index in [1.165, 1.54) is 19.2 Å². The van der Waals surface area contributed by atoms with Crippen LogP contribution in [0.2, 0.25) is 0 Å². The van der Waals surface area contributed by atoms with Gasteiger partial charge in [0, 0.05) is 10.0 Å². The summed E-state index contributed by atoms with van der Waals surface area (Å²) < 4.78 is 22.9. The summed E-state index contributed by atoms with van der Waals surface area (Å²) in [6, 6.07) is 4.78. The number of nitrogens with zero attached hydrogens (tertiary/aromatic N) is 1. The van der Waals surface area contributed by atoms with Crippen LogP contribution in [-0.4, -0.2) is 25.5 Å². The van der Waals surface area contributed by atoms with Crippen LogP contribution in [-0.2, 0) is 10.0 Å². The van der Waals surface area contributed by atoms with E-state index in [0.29, 0.717) is 5.56 Å². The Morgan fingerprint density at radius 2 is 2.25 bits per heavy atom. The molecule has 0 amide bonds. The number of halogens is 1. The number of hydrazone groups is 1. The zero-order valence-corrected chi connectivity index (χ0v) is 10.9. The quantitative estimate of drug-likeness (QED) is 0.652. The normalized spacial score (nSPS) is 11.9. The maximum absolute atomic E-state index is 11.0. The molecule has 0 aliphatic carbocycles. The molecule has 0 saturated carbocycles. The fourth-order valence-corrected chi connectivity index (χ4v) is 1.59. The molecule has 16 heavy (non-hydrogen) atoms. The molecule has 0 spiro atoms. The van der Waals surface area contributed by atoms with E-state index < -0.39 is 10.0 Å². The lowest BCUT2D eigenvalue weighted by Crippen LogP contribution is -2.19. The second-order valence-corrected chi connectivity index (χ2v) is 5.86. The monoisotopic (exact) mass is 306 g/mol. The fourth-order valence-electron chi connectivity index (χ4n) is 0.870. The standard InChI is InChI=1S/C9H11BrN2O3S/c1-2-16(14,15)12-11-6-7-5-8(10)3-4-9(7)13/h3-6,12-13H,2H2,1H3/b11-6+. The fraction of sp³-hybridized carbons (Fsp3) is 0.222. The molecule has 1 aromatic rings. The minimum Gasteiger partial charge on any atom is -0.507 e. The Balaban J connectivity index is 2.81. The van der Waals surface area contributed by atoms with Gasteiger partial charge in [-0.2, -0.15) is 5.10 Å². The van der Waals surface area contributed by atoms with Crippen LogP contribution >= 0.6 is 15.9 Å². The van der Waals surface area contributed by atoms with Gasteiger partial charge in [0.15, 0.2) is 0 Å². The van der Waals surface area contributed by atoms with Gasteiger partial charge in [0.2, 0.25) is 10.0 Å². The number of hydrogen-bond acceptors (Lipinski definition) is 4. The Morgan fingerprint density at radius 3 is 2.88 bits per heavy atom. The van der Waals surface area contributed by atoms with E-state index in [2.05, 4.69) is 21.0 Å². The molecule has 88 valence electrons. The molecule has 0 unspecified atom stereocenters. The van der Waals surface area contributed by atoms with E-state index in [4.69, 9.17) is 0 Å². The largest absolute Gasteiger partial charge is 0.507 e. The predicted octanol–water partition coefficient (Wildman–Crippen LogP) is 1.43. The van der Waals surface area contributed by atoms with Gasteiger partial charge < -0.3 is 5.11 Å². The summed E-state index contributed by atoms with van der Waals surface area (Å²) in [4.78, 5) is 2.02. The molecular formula is C9H11BrN2O3S. The SMILES string of the molecule is CCS(=O)(=O)N/N=C/c1cc(Br)ccc1O. The van der Waals surface area contributed by atoms with Crippen molar-refractivity contribution in [2.45, 2.75) is 6.92 Å². The summed E-state index contributed by atoms with van der Waals surface area (Å²) >= 11 is 3.23. The van der Waals surface area contributed by atoms with Crippen molar-refractivity contribution in [2.75, 3.05) is 5.75 Å². The van der Waals surface area contributed by atoms with Crippen molar-refractivity contribution < 1.29 is 13.5 Å². The smallest absolute Gasteiger partial charge is 0.247 e. The van der Waals surface area contributed by atoms with Gasteiger partial charge in [-0.15, -0.1) is 0 Å². The zero-order chi connectivity index (χ0) is 12.2. The highest BCUT2D eigenvalue weighted by molar-refractivity contribution is 9.10. The summed E-state index contributed by atoms with van der Waals surface area (Å²) in [7, 11) is -3.35. The summed E-state index contributed by atoms with van der Waals surface area (Å²) in [5.74, 6) is -0.0166. The first kappa shape index (κ1) is 13.0. The van der Waals surface area contributed by atoms with Crippen LogP contribution in [0.1, 0.15) is 12.5 Å². The molecule has 5 nitrogen and oxygen atoms in total. The van der Waals surface area contributed by atoms with Gasteiger partial charge in [-0.05, 0) is 25.1 Å². The summed E-state index contributed by atoms with van der Waals surface area (Å²) in [6.45, 7) is 1.51. The van der Waals surface area contributed by atoms with Crippen molar-refractivity contribution in [3.8, 4) is 5.75 Å². The first-order valence-electron chi connectivity index (χ1n) is 4.45. The molecular weight excluding hydrogens is 296 g/mol. The van der Waals surface area contributed by atoms with Crippen LogP contribution in [0, 0.1) is 0 Å². The van der Waals surface area contributed by atoms with Crippen LogP contribution in [0.5, 0.6) is 5.75 Å². The van der Waals surface area contributed by atoms with Crippen LogP contribution in [0.15, 0.2) is 27.8 Å². The van der Waals surface area contributed by atoms with Gasteiger partial charge in [0.25, 0.3) is 0 Å². The molecule has 0 heterocycles. The molecule has 0 fully saturated rings. The van der Waals surface area contributed by atoms with E-state index in [-0.39, 0.29) is 11.5 Å². The number of phenolic OH excluding ortho intramolecular Hbond substituents is 1. The number of rotatable bonds is 4. The average Bonchev–Trinajstić information content (AvgIpc) is 2.23. The van der Waals surface area contributed by atoms with Crippen molar-refractivity contribution >= 4 is 32.2 Å². The van der Waals surface area contributed by atoms with Gasteiger partial charge in [-0.1, -0.05) is 15.9 Å². The molecule has 0 radical (unpaired) electrons. The molecule has 0 aliphatic heterocycles. The molecule has 1 aromatic carbocycles. The lowest BCUT2D eigenvalue weighted by atomic mass is 10.2. The maximum atomic E-state index is 11.0. The highest BCUT2D eigenvalue weighted by Gasteiger charge is 2.03. The molecule has 0 bridgehead atoms. The highest BCUT2D eigenvalue weighted by Crippen LogP contribution is 2.19. The van der Waals surface area contributed by atoms with E-state index in [0.717, 1.165) is 4.47 Å². The number of nitrogens with one attached hydrogen (secondary N) is 1. The zero-order valence-electron chi connectivity index (χ0n) is 8.51. The third-order valence-corrected chi connectivity index (χ3v) is 3.40. The summed E-state index contributed by atoms with van der Waals surface area (Å²) in [5.41, 5.74) is 0.424. The van der Waals surface area contributed by atoms with Gasteiger partial charge in [-0.25, -0.2) is 13.2 Å². The average molecular weight is 307 g/mol. The lowest BCUT2D eigenvalue weighted by Gasteiger charge is -2.00. The second-order valence-electron chi connectivity index (χ2n) is 2.96. The number of hydrogen-bond donors (Lipinski definition) is 2. The van der Waals surface area contributed by atoms with E-state index in [1.807, 2.05) is 4.83 Å². The van der Waals surface area contributed by atoms with E-state index in [9.17, 15) is 13.5 Å². The first-order valence-corrected chi connectivity index (χ1v) is 6.90. The Morgan fingerprint density at radius 1 is 1.56 bits per heavy atom. The van der Waals surface area contributed by atoms with Crippen LogP contribution in [0.4, 0.5) is 0 Å². The van der Waals surface area contributed by atoms with Crippen molar-refractivity contribution in [3.05, 3.63) is 28.2 Å². The van der Waals surface area contributed by atoms with Crippen molar-refractivity contribution in [3.63, 3.8) is 0 Å². The van der Waals surface area contributed by atoms with Gasteiger partial charge in [-0.3, -0.25) is 0 Å². The first-order chi connectivity index (χ1) is 7.44. The molecule has 0 aliphatic rings. The topological polar surface area (TPSA) is 78.8 Å². The minimum atomic E-state index is -3.35. The second kappa shape index (κ2) is 5.31. The third kappa shape index (κ3) is 3.82. The highest BCUT2D eigenvalue weighted by atomic mass is 79.9. The third-order valence-electron chi connectivity index (χ3n) is 1.77. The lowest BCUT2D eigenvalue weighted by molar-refractivity contribution is 0.474. The van der Waals surface area contributed by atoms with Crippen LogP contribution < -0.4 is 4.83 Å². The van der Waals surface area contributed by atoms with Gasteiger partial charge in [0.05, 0.1) is 12.0 Å². The van der Waals surface area contributed by atoms with E-state index in [1.54, 1.807) is 12.1 Å². The predicted molar refractivity (Wildman–Crippen MR) is 66.0 cm³/mol. The summed E-state index contributed by atoms with van der Waals surface area (Å²) in [6.07, 6.45) is 1.24. The Kier molecular flexibility index (Phi) is 4.31. The Hall–Kier alpha value is -1.08. The minimum absolute atomic E-state index is 0.0302. The molecule has 7 heteroatoms. The maximum Gasteiger partial charge on any atom is 0.247 e. The van der Waals surface area contributed by atoms with Crippen molar-refractivity contribution in [2.24, 2.45) is 5.10 Å². The molecule has 0 aromatic heterocycles. The van der Waals surface area contributed by atoms with Crippen LogP contribution in [0.25, 0.3) is 0 Å². The molecule has 1 rings (SSSR count). The number of benzene rings is 1. The van der Waals surface area contributed by atoms with Crippen LogP contribution in [0.3, 0.4) is 0 Å². The number of phenols is 1. The summed E-state index contributed by atoms with van der Waals surface area (Å²) in [5, 5.41) is 13.0.